The number of carbonyl (C=O) groups excluding carboxylic acids is 2. The highest BCUT2D eigenvalue weighted by molar-refractivity contribution is 8.15. The molecule has 0 saturated carbocycles. The van der Waals surface area contributed by atoms with Gasteiger partial charge in [-0.3, -0.25) is 14.5 Å². The van der Waals surface area contributed by atoms with Gasteiger partial charge in [-0.15, -0.1) is 0 Å². The SMILES string of the molecule is CCN1C(=O)CC(C(=O)Nc2ccc(C(=O)O)cc2)SC1=Nc1cccc(F)c1. The van der Waals surface area contributed by atoms with Crippen LogP contribution in [0.1, 0.15) is 23.7 Å². The molecule has 7 nitrogen and oxygen atoms in total. The molecular formula is C20H18FN3O4S. The van der Waals surface area contributed by atoms with E-state index in [-0.39, 0.29) is 17.9 Å². The fourth-order valence-electron chi connectivity index (χ4n) is 2.73. The van der Waals surface area contributed by atoms with Gasteiger partial charge in [-0.25, -0.2) is 14.2 Å². The number of anilines is 1. The van der Waals surface area contributed by atoms with Crippen molar-refractivity contribution in [2.24, 2.45) is 4.99 Å². The van der Waals surface area contributed by atoms with Crippen LogP contribution in [0.25, 0.3) is 0 Å². The summed E-state index contributed by atoms with van der Waals surface area (Å²) in [5, 5.41) is 11.2. The number of halogens is 1. The van der Waals surface area contributed by atoms with Crippen molar-refractivity contribution >= 4 is 46.1 Å². The zero-order chi connectivity index (χ0) is 21.0. The summed E-state index contributed by atoms with van der Waals surface area (Å²) in [6, 6.07) is 11.4. The van der Waals surface area contributed by atoms with Crippen molar-refractivity contribution in [2.75, 3.05) is 11.9 Å². The molecule has 0 spiro atoms. The lowest BCUT2D eigenvalue weighted by Gasteiger charge is -2.30. The summed E-state index contributed by atoms with van der Waals surface area (Å²) in [5.41, 5.74) is 0.881. The van der Waals surface area contributed by atoms with Crippen molar-refractivity contribution in [2.45, 2.75) is 18.6 Å². The molecule has 3 rings (SSSR count). The highest BCUT2D eigenvalue weighted by Crippen LogP contribution is 2.30. The van der Waals surface area contributed by atoms with E-state index in [1.165, 1.54) is 47.4 Å². The van der Waals surface area contributed by atoms with Crippen LogP contribution in [0, 0.1) is 5.82 Å². The fourth-order valence-corrected chi connectivity index (χ4v) is 3.89. The van der Waals surface area contributed by atoms with Crippen molar-refractivity contribution < 1.29 is 23.9 Å². The maximum atomic E-state index is 13.4. The van der Waals surface area contributed by atoms with Crippen LogP contribution in [-0.4, -0.2) is 44.8 Å². The van der Waals surface area contributed by atoms with Gasteiger partial charge in [-0.05, 0) is 49.4 Å². The molecule has 2 aromatic rings. The van der Waals surface area contributed by atoms with Gasteiger partial charge in [0.25, 0.3) is 0 Å². The second-order valence-electron chi connectivity index (χ2n) is 6.19. The molecule has 9 heteroatoms. The minimum Gasteiger partial charge on any atom is -0.478 e. The molecule has 2 amide bonds. The van der Waals surface area contributed by atoms with Crippen LogP contribution in [0.15, 0.2) is 53.5 Å². The monoisotopic (exact) mass is 415 g/mol. The standard InChI is InChI=1S/C20H18FN3O4S/c1-2-24-17(25)11-16(29-20(24)23-15-5-3-4-13(21)10-15)18(26)22-14-8-6-12(7-9-14)19(27)28/h3-10,16H,2,11H2,1H3,(H,22,26)(H,27,28). The molecule has 29 heavy (non-hydrogen) atoms. The highest BCUT2D eigenvalue weighted by atomic mass is 32.2. The summed E-state index contributed by atoms with van der Waals surface area (Å²) in [6.07, 6.45) is -0.000277. The number of aliphatic imine (C=N–C) groups is 1. The fraction of sp³-hybridized carbons (Fsp3) is 0.200. The lowest BCUT2D eigenvalue weighted by Crippen LogP contribution is -2.45. The predicted octanol–water partition coefficient (Wildman–Crippen LogP) is 3.50. The first-order chi connectivity index (χ1) is 13.9. The summed E-state index contributed by atoms with van der Waals surface area (Å²) >= 11 is 1.13. The number of rotatable bonds is 5. The zero-order valence-corrected chi connectivity index (χ0v) is 16.3. The van der Waals surface area contributed by atoms with Crippen molar-refractivity contribution in [3.8, 4) is 0 Å². The number of nitrogens with zero attached hydrogens (tertiary/aromatic N) is 2. The van der Waals surface area contributed by atoms with Gasteiger partial charge in [0.15, 0.2) is 5.17 Å². The lowest BCUT2D eigenvalue weighted by molar-refractivity contribution is -0.129. The number of nitrogens with one attached hydrogen (secondary N) is 1. The van der Waals surface area contributed by atoms with Crippen LogP contribution in [0.2, 0.25) is 0 Å². The van der Waals surface area contributed by atoms with Gasteiger partial charge in [0.2, 0.25) is 11.8 Å². The Balaban J connectivity index is 1.78. The summed E-state index contributed by atoms with van der Waals surface area (Å²) < 4.78 is 13.4. The average molecular weight is 415 g/mol. The first-order valence-electron chi connectivity index (χ1n) is 8.83. The normalized spacial score (nSPS) is 18.0. The molecule has 1 saturated heterocycles. The van der Waals surface area contributed by atoms with Crippen LogP contribution < -0.4 is 5.32 Å². The molecule has 0 aliphatic carbocycles. The number of thioether (sulfide) groups is 1. The Hall–Kier alpha value is -3.20. The van der Waals surface area contributed by atoms with E-state index in [0.29, 0.717) is 23.1 Å². The minimum atomic E-state index is -1.06. The minimum absolute atomic E-state index is 0.000277. The molecule has 0 radical (unpaired) electrons. The van der Waals surface area contributed by atoms with Crippen molar-refractivity contribution in [3.05, 3.63) is 59.9 Å². The number of carboxylic acid groups (broad SMARTS) is 1. The summed E-state index contributed by atoms with van der Waals surface area (Å²) in [4.78, 5) is 41.9. The third-order valence-electron chi connectivity index (χ3n) is 4.18. The molecule has 1 fully saturated rings. The second-order valence-corrected chi connectivity index (χ2v) is 7.36. The highest BCUT2D eigenvalue weighted by Gasteiger charge is 2.35. The largest absolute Gasteiger partial charge is 0.478 e. The molecule has 1 heterocycles. The van der Waals surface area contributed by atoms with Gasteiger partial charge in [-0.1, -0.05) is 17.8 Å². The molecule has 1 aliphatic rings. The number of amidine groups is 1. The number of carbonyl (C=O) groups is 3. The van der Waals surface area contributed by atoms with Crippen LogP contribution >= 0.6 is 11.8 Å². The molecule has 0 aromatic heterocycles. The third-order valence-corrected chi connectivity index (χ3v) is 5.37. The van der Waals surface area contributed by atoms with Crippen LogP contribution in [0.4, 0.5) is 15.8 Å². The Morgan fingerprint density at radius 1 is 1.28 bits per heavy atom. The van der Waals surface area contributed by atoms with Crippen molar-refractivity contribution in [3.63, 3.8) is 0 Å². The topological polar surface area (TPSA) is 99.1 Å². The molecular weight excluding hydrogens is 397 g/mol. The van der Waals surface area contributed by atoms with Gasteiger partial charge < -0.3 is 10.4 Å². The van der Waals surface area contributed by atoms with E-state index in [0.717, 1.165) is 11.8 Å². The first kappa shape index (κ1) is 20.5. The number of carboxylic acids is 1. The van der Waals surface area contributed by atoms with Gasteiger partial charge in [0.1, 0.15) is 11.1 Å². The summed E-state index contributed by atoms with van der Waals surface area (Å²) in [6.45, 7) is 2.18. The Labute approximate surface area is 170 Å². The van der Waals surface area contributed by atoms with Crippen molar-refractivity contribution in [1.82, 2.24) is 4.90 Å². The van der Waals surface area contributed by atoms with E-state index in [1.807, 2.05) is 0 Å². The maximum Gasteiger partial charge on any atom is 0.335 e. The van der Waals surface area contributed by atoms with Gasteiger partial charge in [-0.2, -0.15) is 0 Å². The van der Waals surface area contributed by atoms with E-state index in [2.05, 4.69) is 10.3 Å². The molecule has 1 unspecified atom stereocenters. The molecule has 2 N–H and O–H groups in total. The smallest absolute Gasteiger partial charge is 0.335 e. The number of benzene rings is 2. The zero-order valence-electron chi connectivity index (χ0n) is 15.5. The quantitative estimate of drug-likeness (QED) is 0.779. The lowest BCUT2D eigenvalue weighted by atomic mass is 10.2. The predicted molar refractivity (Wildman–Crippen MR) is 109 cm³/mol. The molecule has 2 aromatic carbocycles. The first-order valence-corrected chi connectivity index (χ1v) is 9.71. The maximum absolute atomic E-state index is 13.4. The van der Waals surface area contributed by atoms with E-state index in [4.69, 9.17) is 5.11 Å². The molecule has 1 atom stereocenters. The van der Waals surface area contributed by atoms with Gasteiger partial charge in [0, 0.05) is 18.7 Å². The molecule has 150 valence electrons. The molecule has 1 aliphatic heterocycles. The van der Waals surface area contributed by atoms with Crippen LogP contribution in [0.3, 0.4) is 0 Å². The van der Waals surface area contributed by atoms with E-state index in [9.17, 15) is 18.8 Å². The van der Waals surface area contributed by atoms with Crippen molar-refractivity contribution in [1.29, 1.82) is 0 Å². The Morgan fingerprint density at radius 3 is 2.62 bits per heavy atom. The van der Waals surface area contributed by atoms with Gasteiger partial charge in [0.05, 0.1) is 11.3 Å². The summed E-state index contributed by atoms with van der Waals surface area (Å²) in [7, 11) is 0. The van der Waals surface area contributed by atoms with Crippen LogP contribution in [-0.2, 0) is 9.59 Å². The Morgan fingerprint density at radius 2 is 2.00 bits per heavy atom. The Kier molecular flexibility index (Phi) is 6.28. The second kappa shape index (κ2) is 8.87. The molecule has 0 bridgehead atoms. The number of aromatic carboxylic acids is 1. The number of hydrogen-bond donors (Lipinski definition) is 2. The van der Waals surface area contributed by atoms with E-state index in [1.54, 1.807) is 13.0 Å². The Bertz CT molecular complexity index is 978. The number of amides is 2. The van der Waals surface area contributed by atoms with Crippen LogP contribution in [0.5, 0.6) is 0 Å². The third kappa shape index (κ3) is 5.00. The summed E-state index contributed by atoms with van der Waals surface area (Å²) in [5.74, 6) is -2.15. The average Bonchev–Trinajstić information content (AvgIpc) is 2.68. The van der Waals surface area contributed by atoms with Gasteiger partial charge >= 0.3 is 5.97 Å². The number of hydrogen-bond acceptors (Lipinski definition) is 5. The van der Waals surface area contributed by atoms with E-state index < -0.39 is 22.9 Å². The van der Waals surface area contributed by atoms with E-state index >= 15 is 0 Å².